The molecular weight excluding hydrogens is 478 g/mol. The number of likely N-dealkylation sites (N-methyl/N-ethyl adjacent to an activating group) is 1. The summed E-state index contributed by atoms with van der Waals surface area (Å²) < 4.78 is 32.1. The maximum absolute atomic E-state index is 13.3. The maximum atomic E-state index is 13.3. The van der Waals surface area contributed by atoms with E-state index in [2.05, 4.69) is 5.32 Å². The molecule has 0 aliphatic heterocycles. The first-order valence-electron chi connectivity index (χ1n) is 10.9. The standard InChI is InChI=1S/C24H32ClN3O5S/c1-17(2)14-26-24(30)18(3)28(15-19-7-6-8-21(13-19)33-5)23(29)16-27(4)34(31,32)22-11-9-20(25)10-12-22/h6-13,17-18H,14-16H2,1-5H3,(H,26,30). The lowest BCUT2D eigenvalue weighted by molar-refractivity contribution is -0.140. The van der Waals surface area contributed by atoms with Gasteiger partial charge in [-0.2, -0.15) is 4.31 Å². The van der Waals surface area contributed by atoms with E-state index in [0.29, 0.717) is 17.3 Å². The Morgan fingerprint density at radius 1 is 1.09 bits per heavy atom. The number of sulfonamides is 1. The summed E-state index contributed by atoms with van der Waals surface area (Å²) >= 11 is 5.86. The molecule has 0 bridgehead atoms. The van der Waals surface area contributed by atoms with E-state index in [1.165, 1.54) is 36.2 Å². The van der Waals surface area contributed by atoms with Gasteiger partial charge in [0.05, 0.1) is 18.6 Å². The van der Waals surface area contributed by atoms with E-state index in [-0.39, 0.29) is 23.3 Å². The van der Waals surface area contributed by atoms with Gasteiger partial charge in [-0.25, -0.2) is 8.42 Å². The van der Waals surface area contributed by atoms with Crippen LogP contribution in [0, 0.1) is 5.92 Å². The van der Waals surface area contributed by atoms with Crippen LogP contribution in [0.5, 0.6) is 5.75 Å². The van der Waals surface area contributed by atoms with Gasteiger partial charge in [0, 0.05) is 25.2 Å². The Hall–Kier alpha value is -2.62. The highest BCUT2D eigenvalue weighted by molar-refractivity contribution is 7.89. The lowest BCUT2D eigenvalue weighted by atomic mass is 10.1. The molecule has 1 N–H and O–H groups in total. The minimum Gasteiger partial charge on any atom is -0.497 e. The molecule has 0 aliphatic carbocycles. The summed E-state index contributed by atoms with van der Waals surface area (Å²) in [6.45, 7) is 5.72. The lowest BCUT2D eigenvalue weighted by Crippen LogP contribution is -2.51. The summed E-state index contributed by atoms with van der Waals surface area (Å²) in [5.74, 6) is 0.0433. The van der Waals surface area contributed by atoms with Crippen molar-refractivity contribution in [3.63, 3.8) is 0 Å². The first kappa shape index (κ1) is 27.6. The molecule has 2 rings (SSSR count). The fourth-order valence-electron chi connectivity index (χ4n) is 3.16. The van der Waals surface area contributed by atoms with E-state index >= 15 is 0 Å². The van der Waals surface area contributed by atoms with E-state index in [4.69, 9.17) is 16.3 Å². The maximum Gasteiger partial charge on any atom is 0.243 e. The largest absolute Gasteiger partial charge is 0.497 e. The summed E-state index contributed by atoms with van der Waals surface area (Å²) in [5.41, 5.74) is 0.749. The SMILES string of the molecule is COc1cccc(CN(C(=O)CN(C)S(=O)(=O)c2ccc(Cl)cc2)C(C)C(=O)NCC(C)C)c1. The van der Waals surface area contributed by atoms with Gasteiger partial charge in [0.1, 0.15) is 11.8 Å². The fourth-order valence-corrected chi connectivity index (χ4v) is 4.40. The monoisotopic (exact) mass is 509 g/mol. The minimum absolute atomic E-state index is 0.0225. The number of amides is 2. The molecule has 0 fully saturated rings. The minimum atomic E-state index is -3.93. The topological polar surface area (TPSA) is 96.0 Å². The van der Waals surface area contributed by atoms with Crippen LogP contribution in [0.15, 0.2) is 53.4 Å². The third-order valence-corrected chi connectivity index (χ3v) is 7.29. The van der Waals surface area contributed by atoms with Gasteiger partial charge in [-0.3, -0.25) is 9.59 Å². The summed E-state index contributed by atoms with van der Waals surface area (Å²) in [7, 11) is -1.06. The Kier molecular flexibility index (Phi) is 9.90. The van der Waals surface area contributed by atoms with Gasteiger partial charge in [-0.15, -0.1) is 0 Å². The Balaban J connectivity index is 2.27. The number of nitrogens with zero attached hydrogens (tertiary/aromatic N) is 2. The zero-order valence-corrected chi connectivity index (χ0v) is 21.7. The van der Waals surface area contributed by atoms with Crippen molar-refractivity contribution < 1.29 is 22.7 Å². The number of rotatable bonds is 11. The van der Waals surface area contributed by atoms with Crippen LogP contribution in [-0.2, 0) is 26.2 Å². The molecule has 0 aromatic heterocycles. The molecule has 8 nitrogen and oxygen atoms in total. The fraction of sp³-hybridized carbons (Fsp3) is 0.417. The Labute approximate surface area is 206 Å². The second-order valence-electron chi connectivity index (χ2n) is 8.40. The number of benzene rings is 2. The van der Waals surface area contributed by atoms with Crippen molar-refractivity contribution in [2.24, 2.45) is 5.92 Å². The van der Waals surface area contributed by atoms with Gasteiger partial charge in [0.15, 0.2) is 0 Å². The lowest BCUT2D eigenvalue weighted by Gasteiger charge is -2.30. The van der Waals surface area contributed by atoms with E-state index in [1.807, 2.05) is 19.9 Å². The van der Waals surface area contributed by atoms with Gasteiger partial charge >= 0.3 is 0 Å². The Morgan fingerprint density at radius 3 is 2.32 bits per heavy atom. The smallest absolute Gasteiger partial charge is 0.243 e. The second kappa shape index (κ2) is 12.2. The molecule has 34 heavy (non-hydrogen) atoms. The van der Waals surface area contributed by atoms with Crippen LogP contribution < -0.4 is 10.1 Å². The Bertz CT molecular complexity index is 1090. The molecule has 186 valence electrons. The highest BCUT2D eigenvalue weighted by Gasteiger charge is 2.30. The molecule has 0 saturated heterocycles. The number of halogens is 1. The van der Waals surface area contributed by atoms with Crippen molar-refractivity contribution in [1.29, 1.82) is 0 Å². The van der Waals surface area contributed by atoms with Crippen molar-refractivity contribution in [1.82, 2.24) is 14.5 Å². The van der Waals surface area contributed by atoms with Gasteiger partial charge in [0.2, 0.25) is 21.8 Å². The summed E-state index contributed by atoms with van der Waals surface area (Å²) in [5, 5.41) is 3.24. The second-order valence-corrected chi connectivity index (χ2v) is 10.9. The van der Waals surface area contributed by atoms with Crippen molar-refractivity contribution in [2.45, 2.75) is 38.3 Å². The van der Waals surface area contributed by atoms with E-state index in [0.717, 1.165) is 9.87 Å². The van der Waals surface area contributed by atoms with Crippen LogP contribution in [-0.4, -0.2) is 62.7 Å². The molecule has 2 aromatic carbocycles. The number of hydrogen-bond donors (Lipinski definition) is 1. The molecule has 0 spiro atoms. The van der Waals surface area contributed by atoms with Crippen LogP contribution in [0.3, 0.4) is 0 Å². The third-order valence-electron chi connectivity index (χ3n) is 5.22. The number of hydrogen-bond acceptors (Lipinski definition) is 5. The molecule has 1 atom stereocenters. The van der Waals surface area contributed by atoms with E-state index in [1.54, 1.807) is 32.2 Å². The molecule has 1 unspecified atom stereocenters. The summed E-state index contributed by atoms with van der Waals surface area (Å²) in [4.78, 5) is 27.5. The van der Waals surface area contributed by atoms with Crippen LogP contribution in [0.1, 0.15) is 26.3 Å². The van der Waals surface area contributed by atoms with Crippen molar-refractivity contribution in [2.75, 3.05) is 27.2 Å². The molecular formula is C24H32ClN3O5S. The third kappa shape index (κ3) is 7.44. The zero-order valence-electron chi connectivity index (χ0n) is 20.1. The molecule has 2 aromatic rings. The number of carbonyl (C=O) groups is 2. The molecule has 0 radical (unpaired) electrons. The number of nitrogens with one attached hydrogen (secondary N) is 1. The van der Waals surface area contributed by atoms with Gasteiger partial charge in [-0.1, -0.05) is 37.6 Å². The predicted molar refractivity (Wildman–Crippen MR) is 132 cm³/mol. The van der Waals surface area contributed by atoms with E-state index < -0.39 is 28.5 Å². The molecule has 0 heterocycles. The molecule has 10 heteroatoms. The van der Waals surface area contributed by atoms with Crippen molar-refractivity contribution in [3.05, 3.63) is 59.1 Å². The first-order chi connectivity index (χ1) is 15.9. The average molecular weight is 510 g/mol. The van der Waals surface area contributed by atoms with Gasteiger partial charge in [0.25, 0.3) is 0 Å². The first-order valence-corrected chi connectivity index (χ1v) is 12.7. The van der Waals surface area contributed by atoms with Crippen molar-refractivity contribution >= 4 is 33.4 Å². The van der Waals surface area contributed by atoms with Crippen LogP contribution in [0.2, 0.25) is 5.02 Å². The highest BCUT2D eigenvalue weighted by Crippen LogP contribution is 2.19. The zero-order chi connectivity index (χ0) is 25.5. The van der Waals surface area contributed by atoms with Crippen LogP contribution >= 0.6 is 11.6 Å². The van der Waals surface area contributed by atoms with Crippen LogP contribution in [0.25, 0.3) is 0 Å². The predicted octanol–water partition coefficient (Wildman–Crippen LogP) is 3.16. The quantitative estimate of drug-likeness (QED) is 0.502. The number of methoxy groups -OCH3 is 1. The molecule has 0 saturated carbocycles. The van der Waals surface area contributed by atoms with Gasteiger partial charge < -0.3 is 15.0 Å². The van der Waals surface area contributed by atoms with Crippen LogP contribution in [0.4, 0.5) is 0 Å². The highest BCUT2D eigenvalue weighted by atomic mass is 35.5. The normalized spacial score (nSPS) is 12.5. The summed E-state index contributed by atoms with van der Waals surface area (Å²) in [6, 6.07) is 12.1. The number of carbonyl (C=O) groups excluding carboxylic acids is 2. The van der Waals surface area contributed by atoms with Crippen molar-refractivity contribution in [3.8, 4) is 5.75 Å². The van der Waals surface area contributed by atoms with Gasteiger partial charge in [-0.05, 0) is 54.8 Å². The molecule has 0 aliphatic rings. The number of ether oxygens (including phenoxy) is 1. The average Bonchev–Trinajstić information content (AvgIpc) is 2.80. The molecule has 2 amide bonds. The summed E-state index contributed by atoms with van der Waals surface area (Å²) in [6.07, 6.45) is 0. The van der Waals surface area contributed by atoms with E-state index in [9.17, 15) is 18.0 Å². The Morgan fingerprint density at radius 2 is 1.74 bits per heavy atom.